The molecule has 3 N–H and O–H groups in total. The summed E-state index contributed by atoms with van der Waals surface area (Å²) in [5.74, 6) is 0.289. The fraction of sp³-hybridized carbons (Fsp3) is 0.400. The van der Waals surface area contributed by atoms with Crippen molar-refractivity contribution in [1.29, 1.82) is 0 Å². The molecule has 0 spiro atoms. The van der Waals surface area contributed by atoms with Gasteiger partial charge in [0.25, 0.3) is 0 Å². The van der Waals surface area contributed by atoms with Crippen LogP contribution in [0.25, 0.3) is 0 Å². The molecule has 1 aromatic rings. The molecule has 1 rings (SSSR count). The lowest BCUT2D eigenvalue weighted by Gasteiger charge is -2.08. The summed E-state index contributed by atoms with van der Waals surface area (Å²) in [5.41, 5.74) is 3.36. The van der Waals surface area contributed by atoms with E-state index in [-0.39, 0.29) is 11.8 Å². The Morgan fingerprint density at radius 1 is 1.31 bits per heavy atom. The number of hydrogen-bond donors (Lipinski definition) is 3. The molecule has 0 aromatic heterocycles. The zero-order chi connectivity index (χ0) is 9.68. The van der Waals surface area contributed by atoms with E-state index >= 15 is 0 Å². The van der Waals surface area contributed by atoms with Crippen molar-refractivity contribution in [2.45, 2.75) is 25.8 Å². The van der Waals surface area contributed by atoms with Gasteiger partial charge in [-0.25, -0.2) is 5.48 Å². The van der Waals surface area contributed by atoms with E-state index in [2.05, 4.69) is 5.48 Å². The maximum absolute atomic E-state index is 9.03. The quantitative estimate of drug-likeness (QED) is 0.619. The van der Waals surface area contributed by atoms with Crippen molar-refractivity contribution in [3.05, 3.63) is 29.8 Å². The number of hydroxylamine groups is 1. The number of phenolic OH excluding ortho intramolecular Hbond substituents is 1. The molecule has 0 amide bonds. The monoisotopic (exact) mass is 181 g/mol. The SMILES string of the molecule is CC(CCc1ccc(O)cc1)NO. The number of aryl methyl sites for hydroxylation is 1. The molecular weight excluding hydrogens is 166 g/mol. The molecule has 0 saturated carbocycles. The Morgan fingerprint density at radius 3 is 2.46 bits per heavy atom. The Kier molecular flexibility index (Phi) is 3.73. The fourth-order valence-electron chi connectivity index (χ4n) is 1.11. The lowest BCUT2D eigenvalue weighted by atomic mass is 10.1. The Balaban J connectivity index is 2.41. The number of hydrogen-bond acceptors (Lipinski definition) is 3. The minimum Gasteiger partial charge on any atom is -0.508 e. The standard InChI is InChI=1S/C10H15NO2/c1-8(11-13)2-3-9-4-6-10(12)7-5-9/h4-8,11-13H,2-3H2,1H3. The van der Waals surface area contributed by atoms with Gasteiger partial charge in [-0.3, -0.25) is 0 Å². The van der Waals surface area contributed by atoms with Gasteiger partial charge in [-0.1, -0.05) is 12.1 Å². The van der Waals surface area contributed by atoms with E-state index in [1.807, 2.05) is 19.1 Å². The molecule has 0 aliphatic carbocycles. The van der Waals surface area contributed by atoms with E-state index in [1.54, 1.807) is 12.1 Å². The summed E-state index contributed by atoms with van der Waals surface area (Å²) in [4.78, 5) is 0. The molecular formula is C10H15NO2. The third kappa shape index (κ3) is 3.44. The van der Waals surface area contributed by atoms with E-state index in [0.717, 1.165) is 12.8 Å². The highest BCUT2D eigenvalue weighted by Crippen LogP contribution is 2.11. The van der Waals surface area contributed by atoms with Crippen LogP contribution in [0.15, 0.2) is 24.3 Å². The van der Waals surface area contributed by atoms with Crippen LogP contribution in [0.4, 0.5) is 0 Å². The fourth-order valence-corrected chi connectivity index (χ4v) is 1.11. The van der Waals surface area contributed by atoms with Gasteiger partial charge in [-0.2, -0.15) is 0 Å². The second-order valence-electron chi connectivity index (χ2n) is 3.24. The van der Waals surface area contributed by atoms with E-state index in [4.69, 9.17) is 10.3 Å². The first-order valence-electron chi connectivity index (χ1n) is 4.40. The van der Waals surface area contributed by atoms with Gasteiger partial charge in [-0.05, 0) is 37.5 Å². The van der Waals surface area contributed by atoms with Gasteiger partial charge in [0.15, 0.2) is 0 Å². The Bertz CT molecular complexity index is 246. The summed E-state index contributed by atoms with van der Waals surface area (Å²) in [5, 5.41) is 17.6. The summed E-state index contributed by atoms with van der Waals surface area (Å²) in [7, 11) is 0. The smallest absolute Gasteiger partial charge is 0.115 e. The van der Waals surface area contributed by atoms with Crippen molar-refractivity contribution in [3.8, 4) is 5.75 Å². The number of benzene rings is 1. The molecule has 1 aromatic carbocycles. The van der Waals surface area contributed by atoms with E-state index in [9.17, 15) is 0 Å². The van der Waals surface area contributed by atoms with Crippen LogP contribution in [0, 0.1) is 0 Å². The molecule has 13 heavy (non-hydrogen) atoms. The lowest BCUT2D eigenvalue weighted by molar-refractivity contribution is 0.129. The molecule has 1 unspecified atom stereocenters. The molecule has 0 saturated heterocycles. The molecule has 0 bridgehead atoms. The first-order chi connectivity index (χ1) is 6.22. The largest absolute Gasteiger partial charge is 0.508 e. The van der Waals surface area contributed by atoms with Crippen LogP contribution in [0.2, 0.25) is 0 Å². The number of phenols is 1. The van der Waals surface area contributed by atoms with Gasteiger partial charge in [0.2, 0.25) is 0 Å². The third-order valence-corrected chi connectivity index (χ3v) is 2.02. The molecule has 0 aliphatic heterocycles. The van der Waals surface area contributed by atoms with Gasteiger partial charge in [-0.15, -0.1) is 0 Å². The van der Waals surface area contributed by atoms with Crippen molar-refractivity contribution < 1.29 is 10.3 Å². The zero-order valence-corrected chi connectivity index (χ0v) is 7.70. The molecule has 72 valence electrons. The van der Waals surface area contributed by atoms with Crippen molar-refractivity contribution in [1.82, 2.24) is 5.48 Å². The Morgan fingerprint density at radius 2 is 1.92 bits per heavy atom. The molecule has 1 atom stereocenters. The van der Waals surface area contributed by atoms with Crippen LogP contribution in [0.1, 0.15) is 18.9 Å². The van der Waals surface area contributed by atoms with Gasteiger partial charge < -0.3 is 10.3 Å². The predicted octanol–water partition coefficient (Wildman–Crippen LogP) is 1.69. The van der Waals surface area contributed by atoms with Crippen LogP contribution in [0.3, 0.4) is 0 Å². The average molecular weight is 181 g/mol. The topological polar surface area (TPSA) is 52.5 Å². The highest BCUT2D eigenvalue weighted by atomic mass is 16.5. The molecule has 0 fully saturated rings. The first kappa shape index (κ1) is 10.0. The predicted molar refractivity (Wildman–Crippen MR) is 50.8 cm³/mol. The third-order valence-electron chi connectivity index (χ3n) is 2.02. The van der Waals surface area contributed by atoms with Crippen LogP contribution in [0.5, 0.6) is 5.75 Å². The van der Waals surface area contributed by atoms with Crippen molar-refractivity contribution in [2.24, 2.45) is 0 Å². The first-order valence-corrected chi connectivity index (χ1v) is 4.40. The van der Waals surface area contributed by atoms with E-state index in [0.29, 0.717) is 0 Å². The highest BCUT2D eigenvalue weighted by Gasteiger charge is 1.99. The molecule has 0 heterocycles. The van der Waals surface area contributed by atoms with Gasteiger partial charge in [0.1, 0.15) is 5.75 Å². The summed E-state index contributed by atoms with van der Waals surface area (Å²) >= 11 is 0. The molecule has 3 heteroatoms. The van der Waals surface area contributed by atoms with Crippen molar-refractivity contribution in [3.63, 3.8) is 0 Å². The second-order valence-corrected chi connectivity index (χ2v) is 3.24. The average Bonchev–Trinajstić information content (AvgIpc) is 2.16. The maximum atomic E-state index is 9.03. The number of aromatic hydroxyl groups is 1. The van der Waals surface area contributed by atoms with E-state index in [1.165, 1.54) is 5.56 Å². The number of nitrogens with one attached hydrogen (secondary N) is 1. The number of rotatable bonds is 4. The highest BCUT2D eigenvalue weighted by molar-refractivity contribution is 5.25. The van der Waals surface area contributed by atoms with Crippen LogP contribution >= 0.6 is 0 Å². The second kappa shape index (κ2) is 4.84. The van der Waals surface area contributed by atoms with Gasteiger partial charge in [0, 0.05) is 6.04 Å². The van der Waals surface area contributed by atoms with Gasteiger partial charge >= 0.3 is 0 Å². The van der Waals surface area contributed by atoms with Gasteiger partial charge in [0.05, 0.1) is 0 Å². The molecule has 0 aliphatic rings. The maximum Gasteiger partial charge on any atom is 0.115 e. The van der Waals surface area contributed by atoms with E-state index < -0.39 is 0 Å². The minimum absolute atomic E-state index is 0.105. The molecule has 0 radical (unpaired) electrons. The Labute approximate surface area is 78.0 Å². The zero-order valence-electron chi connectivity index (χ0n) is 7.70. The van der Waals surface area contributed by atoms with Crippen molar-refractivity contribution >= 4 is 0 Å². The summed E-state index contributed by atoms with van der Waals surface area (Å²) in [6.45, 7) is 1.92. The minimum atomic E-state index is 0.105. The van der Waals surface area contributed by atoms with Crippen LogP contribution in [-0.2, 0) is 6.42 Å². The normalized spacial score (nSPS) is 12.8. The van der Waals surface area contributed by atoms with Crippen LogP contribution < -0.4 is 5.48 Å². The van der Waals surface area contributed by atoms with Crippen LogP contribution in [-0.4, -0.2) is 16.4 Å². The summed E-state index contributed by atoms with van der Waals surface area (Å²) in [6, 6.07) is 7.23. The summed E-state index contributed by atoms with van der Waals surface area (Å²) < 4.78 is 0. The lowest BCUT2D eigenvalue weighted by Crippen LogP contribution is -2.22. The summed E-state index contributed by atoms with van der Waals surface area (Å²) in [6.07, 6.45) is 1.77. The Hall–Kier alpha value is -1.06. The molecule has 3 nitrogen and oxygen atoms in total. The van der Waals surface area contributed by atoms with Crippen molar-refractivity contribution in [2.75, 3.05) is 0 Å².